The summed E-state index contributed by atoms with van der Waals surface area (Å²) in [6.45, 7) is 13.4. The second kappa shape index (κ2) is 10.6. The highest BCUT2D eigenvalue weighted by atomic mass is 19.1. The van der Waals surface area contributed by atoms with Crippen LogP contribution in [0.3, 0.4) is 0 Å². The minimum Gasteiger partial charge on any atom is -0.297 e. The third kappa shape index (κ3) is 6.68. The van der Waals surface area contributed by atoms with E-state index in [1.165, 1.54) is 11.6 Å². The van der Waals surface area contributed by atoms with E-state index in [1.54, 1.807) is 19.1 Å². The van der Waals surface area contributed by atoms with E-state index in [1.807, 2.05) is 19.1 Å². The SMILES string of the molecule is C=C/C=C\C(=C/C)CN(CCC(C#N)c1ccc(C)c(F)c1)C(C)C. The minimum atomic E-state index is -0.297. The van der Waals surface area contributed by atoms with Crippen molar-refractivity contribution in [2.24, 2.45) is 0 Å². The molecule has 3 heteroatoms. The van der Waals surface area contributed by atoms with Crippen molar-refractivity contribution in [2.45, 2.75) is 46.1 Å². The largest absolute Gasteiger partial charge is 0.297 e. The number of rotatable bonds is 9. The van der Waals surface area contributed by atoms with Crippen molar-refractivity contribution in [1.29, 1.82) is 5.26 Å². The molecule has 1 aromatic rings. The van der Waals surface area contributed by atoms with Gasteiger partial charge in [-0.15, -0.1) is 0 Å². The molecule has 134 valence electrons. The number of nitriles is 1. The van der Waals surface area contributed by atoms with Gasteiger partial charge in [-0.3, -0.25) is 4.90 Å². The number of allylic oxidation sites excluding steroid dienone is 3. The Kier molecular flexibility index (Phi) is 8.88. The molecule has 0 radical (unpaired) electrons. The van der Waals surface area contributed by atoms with Crippen LogP contribution in [0.5, 0.6) is 0 Å². The molecule has 0 bridgehead atoms. The second-order valence-corrected chi connectivity index (χ2v) is 6.50. The predicted octanol–water partition coefficient (Wildman–Crippen LogP) is 5.53. The van der Waals surface area contributed by atoms with Gasteiger partial charge in [-0.1, -0.05) is 43.0 Å². The molecule has 0 heterocycles. The summed E-state index contributed by atoms with van der Waals surface area (Å²) in [6, 6.07) is 7.78. The van der Waals surface area contributed by atoms with Gasteiger partial charge in [-0.25, -0.2) is 4.39 Å². The molecule has 0 aliphatic rings. The van der Waals surface area contributed by atoms with Crippen LogP contribution < -0.4 is 0 Å². The van der Waals surface area contributed by atoms with E-state index in [0.29, 0.717) is 18.0 Å². The van der Waals surface area contributed by atoms with Gasteiger partial charge in [0.1, 0.15) is 5.82 Å². The zero-order chi connectivity index (χ0) is 18.8. The zero-order valence-electron chi connectivity index (χ0n) is 15.8. The maximum absolute atomic E-state index is 13.8. The lowest BCUT2D eigenvalue weighted by molar-refractivity contribution is 0.237. The van der Waals surface area contributed by atoms with E-state index in [-0.39, 0.29) is 11.7 Å². The van der Waals surface area contributed by atoms with Crippen LogP contribution in [0.15, 0.2) is 54.7 Å². The van der Waals surface area contributed by atoms with Crippen LogP contribution in [0.25, 0.3) is 0 Å². The average Bonchev–Trinajstić information content (AvgIpc) is 2.59. The van der Waals surface area contributed by atoms with Crippen molar-refractivity contribution in [3.05, 3.63) is 71.6 Å². The van der Waals surface area contributed by atoms with Crippen molar-refractivity contribution >= 4 is 0 Å². The third-order valence-corrected chi connectivity index (χ3v) is 4.39. The Morgan fingerprint density at radius 2 is 2.12 bits per heavy atom. The van der Waals surface area contributed by atoms with Gasteiger partial charge in [0.05, 0.1) is 12.0 Å². The summed E-state index contributed by atoms with van der Waals surface area (Å²) < 4.78 is 13.8. The molecule has 0 N–H and O–H groups in total. The maximum atomic E-state index is 13.8. The van der Waals surface area contributed by atoms with Crippen LogP contribution in [-0.4, -0.2) is 24.0 Å². The molecule has 0 aliphatic heterocycles. The fourth-order valence-electron chi connectivity index (χ4n) is 2.61. The smallest absolute Gasteiger partial charge is 0.126 e. The molecule has 0 amide bonds. The third-order valence-electron chi connectivity index (χ3n) is 4.39. The van der Waals surface area contributed by atoms with Crippen molar-refractivity contribution in [3.63, 3.8) is 0 Å². The quantitative estimate of drug-likeness (QED) is 0.553. The molecule has 0 spiro atoms. The Morgan fingerprint density at radius 3 is 2.64 bits per heavy atom. The van der Waals surface area contributed by atoms with Gasteiger partial charge in [-0.05, 0) is 56.9 Å². The first-order chi connectivity index (χ1) is 11.9. The highest BCUT2D eigenvalue weighted by Gasteiger charge is 2.16. The lowest BCUT2D eigenvalue weighted by Crippen LogP contribution is -2.34. The summed E-state index contributed by atoms with van der Waals surface area (Å²) in [5.74, 6) is -0.543. The molecule has 0 saturated heterocycles. The second-order valence-electron chi connectivity index (χ2n) is 6.50. The first-order valence-electron chi connectivity index (χ1n) is 8.76. The van der Waals surface area contributed by atoms with Gasteiger partial charge in [0, 0.05) is 19.1 Å². The molecule has 0 aromatic heterocycles. The van der Waals surface area contributed by atoms with E-state index in [2.05, 4.69) is 43.5 Å². The summed E-state index contributed by atoms with van der Waals surface area (Å²) in [4.78, 5) is 2.33. The molecule has 1 rings (SSSR count). The van der Waals surface area contributed by atoms with Gasteiger partial charge < -0.3 is 0 Å². The van der Waals surface area contributed by atoms with Crippen LogP contribution in [0.2, 0.25) is 0 Å². The molecule has 1 unspecified atom stereocenters. The number of hydrogen-bond acceptors (Lipinski definition) is 2. The van der Waals surface area contributed by atoms with Gasteiger partial charge in [0.2, 0.25) is 0 Å². The Morgan fingerprint density at radius 1 is 1.40 bits per heavy atom. The van der Waals surface area contributed by atoms with Gasteiger partial charge in [0.25, 0.3) is 0 Å². The number of halogens is 1. The molecule has 0 aliphatic carbocycles. The molecule has 0 fully saturated rings. The standard InChI is InChI=1S/C22H29FN2/c1-6-8-9-19(7-2)16-25(17(3)4)13-12-21(15-24)20-11-10-18(5)22(23)14-20/h6-11,14,17,21H,1,12-13,16H2,2-5H3/b9-8-,19-7+. The zero-order valence-corrected chi connectivity index (χ0v) is 15.8. The Hall–Kier alpha value is -2.18. The van der Waals surface area contributed by atoms with Crippen molar-refractivity contribution < 1.29 is 4.39 Å². The summed E-state index contributed by atoms with van der Waals surface area (Å²) in [7, 11) is 0. The van der Waals surface area contributed by atoms with Crippen molar-refractivity contribution in [2.75, 3.05) is 13.1 Å². The minimum absolute atomic E-state index is 0.246. The number of nitrogens with zero attached hydrogens (tertiary/aromatic N) is 2. The summed E-state index contributed by atoms with van der Waals surface area (Å²) >= 11 is 0. The van der Waals surface area contributed by atoms with Crippen LogP contribution >= 0.6 is 0 Å². The van der Waals surface area contributed by atoms with E-state index >= 15 is 0 Å². The first kappa shape index (κ1) is 20.9. The fraction of sp³-hybridized carbons (Fsp3) is 0.409. The lowest BCUT2D eigenvalue weighted by atomic mass is 9.95. The van der Waals surface area contributed by atoms with E-state index in [9.17, 15) is 9.65 Å². The highest BCUT2D eigenvalue weighted by molar-refractivity contribution is 5.29. The molecule has 1 atom stereocenters. The summed E-state index contributed by atoms with van der Waals surface area (Å²) in [5.41, 5.74) is 2.58. The van der Waals surface area contributed by atoms with Crippen LogP contribution in [-0.2, 0) is 0 Å². The summed E-state index contributed by atoms with van der Waals surface area (Å²) in [6.07, 6.45) is 8.52. The Bertz CT molecular complexity index is 665. The van der Waals surface area contributed by atoms with Crippen LogP contribution in [0, 0.1) is 24.1 Å². The molecular formula is C22H29FN2. The fourth-order valence-corrected chi connectivity index (χ4v) is 2.61. The average molecular weight is 340 g/mol. The summed E-state index contributed by atoms with van der Waals surface area (Å²) in [5, 5.41) is 9.51. The normalized spacial score (nSPS) is 13.4. The number of aryl methyl sites for hydroxylation is 1. The first-order valence-corrected chi connectivity index (χ1v) is 8.76. The van der Waals surface area contributed by atoms with E-state index in [0.717, 1.165) is 18.7 Å². The van der Waals surface area contributed by atoms with Gasteiger partial charge >= 0.3 is 0 Å². The number of benzene rings is 1. The van der Waals surface area contributed by atoms with Crippen LogP contribution in [0.4, 0.5) is 4.39 Å². The van der Waals surface area contributed by atoms with Crippen molar-refractivity contribution in [1.82, 2.24) is 4.90 Å². The van der Waals surface area contributed by atoms with E-state index in [4.69, 9.17) is 0 Å². The van der Waals surface area contributed by atoms with Gasteiger partial charge in [0.15, 0.2) is 0 Å². The topological polar surface area (TPSA) is 27.0 Å². The monoisotopic (exact) mass is 340 g/mol. The van der Waals surface area contributed by atoms with Crippen LogP contribution in [0.1, 0.15) is 44.2 Å². The Labute approximate surface area is 152 Å². The van der Waals surface area contributed by atoms with Gasteiger partial charge in [-0.2, -0.15) is 5.26 Å². The highest BCUT2D eigenvalue weighted by Crippen LogP contribution is 2.22. The molecular weight excluding hydrogens is 311 g/mol. The molecule has 25 heavy (non-hydrogen) atoms. The predicted molar refractivity (Wildman–Crippen MR) is 104 cm³/mol. The van der Waals surface area contributed by atoms with E-state index < -0.39 is 0 Å². The lowest BCUT2D eigenvalue weighted by Gasteiger charge is -2.28. The Balaban J connectivity index is 2.81. The maximum Gasteiger partial charge on any atom is 0.126 e. The number of hydrogen-bond donors (Lipinski definition) is 0. The molecule has 0 saturated carbocycles. The van der Waals surface area contributed by atoms with Crippen molar-refractivity contribution in [3.8, 4) is 6.07 Å². The molecule has 1 aromatic carbocycles. The molecule has 2 nitrogen and oxygen atoms in total.